The lowest BCUT2D eigenvalue weighted by atomic mass is 9.58. The average molecular weight is 221 g/mol. The van der Waals surface area contributed by atoms with Gasteiger partial charge in [0.25, 0.3) is 0 Å². The van der Waals surface area contributed by atoms with Crippen molar-refractivity contribution in [3.63, 3.8) is 0 Å². The molecule has 0 spiro atoms. The van der Waals surface area contributed by atoms with Gasteiger partial charge in [-0.3, -0.25) is 0 Å². The summed E-state index contributed by atoms with van der Waals surface area (Å²) in [6, 6.07) is 0.351. The molecule has 0 aromatic rings. The van der Waals surface area contributed by atoms with Crippen molar-refractivity contribution >= 4 is 0 Å². The summed E-state index contributed by atoms with van der Waals surface area (Å²) in [7, 11) is 0. The van der Waals surface area contributed by atoms with E-state index in [4.69, 9.17) is 5.73 Å². The lowest BCUT2D eigenvalue weighted by Gasteiger charge is -2.48. The molecule has 5 atom stereocenters. The Hall–Kier alpha value is -0.300. The smallest absolute Gasteiger partial charge is 0.0202 e. The van der Waals surface area contributed by atoms with Crippen LogP contribution in [-0.4, -0.2) is 6.04 Å². The van der Waals surface area contributed by atoms with Crippen LogP contribution in [0.3, 0.4) is 0 Å². The molecule has 0 radical (unpaired) electrons. The highest BCUT2D eigenvalue weighted by molar-refractivity contribution is 5.35. The first kappa shape index (κ1) is 12.2. The molecule has 1 heteroatoms. The van der Waals surface area contributed by atoms with E-state index in [1.54, 1.807) is 11.1 Å². The maximum absolute atomic E-state index is 6.58. The van der Waals surface area contributed by atoms with Crippen LogP contribution >= 0.6 is 0 Å². The molecule has 2 bridgehead atoms. The second-order valence-corrected chi connectivity index (χ2v) is 6.69. The van der Waals surface area contributed by atoms with E-state index in [0.717, 1.165) is 17.8 Å². The molecule has 16 heavy (non-hydrogen) atoms. The third-order valence-electron chi connectivity index (χ3n) is 5.95. The molecule has 2 N–H and O–H groups in total. The zero-order valence-electron chi connectivity index (χ0n) is 11.7. The van der Waals surface area contributed by atoms with Crippen molar-refractivity contribution in [1.29, 1.82) is 0 Å². The summed E-state index contributed by atoms with van der Waals surface area (Å²) < 4.78 is 0. The third-order valence-corrected chi connectivity index (χ3v) is 5.95. The van der Waals surface area contributed by atoms with E-state index in [0.29, 0.717) is 12.0 Å². The fourth-order valence-electron chi connectivity index (χ4n) is 4.34. The molecule has 2 aliphatic rings. The molecule has 0 aromatic carbocycles. The second kappa shape index (κ2) is 3.60. The van der Waals surface area contributed by atoms with E-state index in [-0.39, 0.29) is 5.41 Å². The maximum Gasteiger partial charge on any atom is 0.0202 e. The van der Waals surface area contributed by atoms with Gasteiger partial charge in [-0.1, -0.05) is 38.8 Å². The van der Waals surface area contributed by atoms with E-state index in [9.17, 15) is 0 Å². The van der Waals surface area contributed by atoms with Crippen molar-refractivity contribution < 1.29 is 0 Å². The standard InChI is InChI=1S/C15H27N/c1-8(2)12-7-9(3)15(6)11(5)10(4)13(12)14(15)16/h8-9,12-14H,7,16H2,1-6H3/t9-,12+,13+,14-,15+/m1/s1. The molecular weight excluding hydrogens is 194 g/mol. The van der Waals surface area contributed by atoms with E-state index in [1.165, 1.54) is 6.42 Å². The number of nitrogens with two attached hydrogens (primary N) is 1. The Morgan fingerprint density at radius 1 is 1.31 bits per heavy atom. The predicted octanol–water partition coefficient (Wildman–Crippen LogP) is 3.60. The lowest BCUT2D eigenvalue weighted by molar-refractivity contribution is 0.0623. The van der Waals surface area contributed by atoms with E-state index >= 15 is 0 Å². The van der Waals surface area contributed by atoms with Crippen LogP contribution < -0.4 is 5.73 Å². The quantitative estimate of drug-likeness (QED) is 0.673. The van der Waals surface area contributed by atoms with Gasteiger partial charge in [0, 0.05) is 11.5 Å². The highest BCUT2D eigenvalue weighted by Crippen LogP contribution is 2.59. The van der Waals surface area contributed by atoms with Gasteiger partial charge in [0.1, 0.15) is 0 Å². The normalized spacial score (nSPS) is 48.0. The Labute approximate surface area is 100 Å². The Kier molecular flexibility index (Phi) is 2.73. The summed E-state index contributed by atoms with van der Waals surface area (Å²) in [5, 5.41) is 0. The number of rotatable bonds is 1. The molecule has 2 rings (SSSR count). The second-order valence-electron chi connectivity index (χ2n) is 6.69. The predicted molar refractivity (Wildman–Crippen MR) is 70.1 cm³/mol. The molecule has 0 unspecified atom stereocenters. The first-order chi connectivity index (χ1) is 7.31. The van der Waals surface area contributed by atoms with Gasteiger partial charge in [0.05, 0.1) is 0 Å². The minimum absolute atomic E-state index is 0.264. The Balaban J connectivity index is 2.47. The summed E-state index contributed by atoms with van der Waals surface area (Å²) in [6.45, 7) is 14.1. The van der Waals surface area contributed by atoms with Gasteiger partial charge in [-0.15, -0.1) is 0 Å². The zero-order chi connectivity index (χ0) is 12.2. The maximum atomic E-state index is 6.58. The van der Waals surface area contributed by atoms with Gasteiger partial charge in [-0.05, 0) is 43.9 Å². The summed E-state index contributed by atoms with van der Waals surface area (Å²) >= 11 is 0. The number of hydrogen-bond acceptors (Lipinski definition) is 1. The van der Waals surface area contributed by atoms with Crippen molar-refractivity contribution in [1.82, 2.24) is 0 Å². The van der Waals surface area contributed by atoms with Gasteiger partial charge in [0.2, 0.25) is 0 Å². The Bertz CT molecular complexity index is 328. The molecule has 92 valence electrons. The van der Waals surface area contributed by atoms with Gasteiger partial charge in [0.15, 0.2) is 0 Å². The van der Waals surface area contributed by atoms with E-state index in [1.807, 2.05) is 0 Å². The van der Waals surface area contributed by atoms with Crippen LogP contribution in [0.15, 0.2) is 11.1 Å². The topological polar surface area (TPSA) is 26.0 Å². The number of fused-ring (bicyclic) bond motifs is 2. The first-order valence-electron chi connectivity index (χ1n) is 6.75. The zero-order valence-corrected chi connectivity index (χ0v) is 11.7. The molecule has 0 saturated heterocycles. The van der Waals surface area contributed by atoms with E-state index < -0.39 is 0 Å². The fraction of sp³-hybridized carbons (Fsp3) is 0.867. The van der Waals surface area contributed by atoms with Gasteiger partial charge in [-0.25, -0.2) is 0 Å². The van der Waals surface area contributed by atoms with Crippen LogP contribution in [0.5, 0.6) is 0 Å². The van der Waals surface area contributed by atoms with Crippen LogP contribution in [-0.2, 0) is 0 Å². The largest absolute Gasteiger partial charge is 0.326 e. The van der Waals surface area contributed by atoms with Crippen molar-refractivity contribution in [2.75, 3.05) is 0 Å². The van der Waals surface area contributed by atoms with Gasteiger partial charge in [-0.2, -0.15) is 0 Å². The van der Waals surface area contributed by atoms with Crippen LogP contribution in [0, 0.1) is 29.1 Å². The molecule has 1 fully saturated rings. The van der Waals surface area contributed by atoms with Gasteiger partial charge >= 0.3 is 0 Å². The monoisotopic (exact) mass is 221 g/mol. The summed E-state index contributed by atoms with van der Waals surface area (Å²) in [5.74, 6) is 2.91. The number of hydrogen-bond donors (Lipinski definition) is 1. The molecular formula is C15H27N. The van der Waals surface area contributed by atoms with Crippen molar-refractivity contribution in [2.24, 2.45) is 34.8 Å². The molecule has 0 heterocycles. The van der Waals surface area contributed by atoms with E-state index in [2.05, 4.69) is 41.5 Å². The molecule has 2 aliphatic carbocycles. The SMILES string of the molecule is CC1=C(C)[C@]2(C)[C@H](C)C[C@@H](C(C)C)[C@H]1[C@H]2N. The van der Waals surface area contributed by atoms with Crippen molar-refractivity contribution in [3.05, 3.63) is 11.1 Å². The van der Waals surface area contributed by atoms with Crippen molar-refractivity contribution in [2.45, 2.75) is 54.0 Å². The third kappa shape index (κ3) is 1.27. The van der Waals surface area contributed by atoms with Gasteiger partial charge < -0.3 is 5.73 Å². The van der Waals surface area contributed by atoms with Crippen molar-refractivity contribution in [3.8, 4) is 0 Å². The van der Waals surface area contributed by atoms with Crippen LogP contribution in [0.25, 0.3) is 0 Å². The lowest BCUT2D eigenvalue weighted by Crippen LogP contribution is -2.52. The molecule has 1 nitrogen and oxygen atoms in total. The molecule has 0 amide bonds. The first-order valence-corrected chi connectivity index (χ1v) is 6.75. The average Bonchev–Trinajstić information content (AvgIpc) is 2.32. The fourth-order valence-corrected chi connectivity index (χ4v) is 4.34. The van der Waals surface area contributed by atoms with Crippen LogP contribution in [0.4, 0.5) is 0 Å². The van der Waals surface area contributed by atoms with Crippen LogP contribution in [0.1, 0.15) is 48.0 Å². The highest BCUT2D eigenvalue weighted by atomic mass is 14.8. The highest BCUT2D eigenvalue weighted by Gasteiger charge is 2.55. The Morgan fingerprint density at radius 2 is 1.88 bits per heavy atom. The summed E-state index contributed by atoms with van der Waals surface area (Å²) in [6.07, 6.45) is 1.35. The Morgan fingerprint density at radius 3 is 2.38 bits per heavy atom. The van der Waals surface area contributed by atoms with Crippen LogP contribution in [0.2, 0.25) is 0 Å². The summed E-state index contributed by atoms with van der Waals surface area (Å²) in [4.78, 5) is 0. The minimum Gasteiger partial charge on any atom is -0.326 e. The summed E-state index contributed by atoms with van der Waals surface area (Å²) in [5.41, 5.74) is 10.0. The molecule has 0 aromatic heterocycles. The minimum atomic E-state index is 0.264. The molecule has 1 saturated carbocycles. The molecule has 0 aliphatic heterocycles.